The molecule has 1 aliphatic rings. The topological polar surface area (TPSA) is 82.5 Å². The molecule has 0 unspecified atom stereocenters. The third-order valence-electron chi connectivity index (χ3n) is 4.55. The van der Waals surface area contributed by atoms with Crippen LogP contribution in [0.25, 0.3) is 0 Å². The molecule has 144 valence electrons. The lowest BCUT2D eigenvalue weighted by Gasteiger charge is -2.35. The SMILES string of the molecule is CCn1ccnc1N1CCN(CC(=O)Nc2ccc(NC(C)=O)cc2)CC1. The van der Waals surface area contributed by atoms with E-state index in [1.165, 1.54) is 6.92 Å². The first kappa shape index (κ1) is 18.9. The number of anilines is 3. The van der Waals surface area contributed by atoms with E-state index in [4.69, 9.17) is 0 Å². The quantitative estimate of drug-likeness (QED) is 0.808. The molecular weight excluding hydrogens is 344 g/mol. The van der Waals surface area contributed by atoms with E-state index in [-0.39, 0.29) is 11.8 Å². The van der Waals surface area contributed by atoms with E-state index < -0.39 is 0 Å². The van der Waals surface area contributed by atoms with Crippen LogP contribution in [0.4, 0.5) is 17.3 Å². The van der Waals surface area contributed by atoms with E-state index in [0.717, 1.165) is 44.4 Å². The molecule has 3 rings (SSSR count). The molecule has 2 heterocycles. The van der Waals surface area contributed by atoms with Crippen LogP contribution in [0.15, 0.2) is 36.7 Å². The number of carbonyl (C=O) groups is 2. The predicted octanol–water partition coefficient (Wildman–Crippen LogP) is 1.62. The van der Waals surface area contributed by atoms with Gasteiger partial charge in [-0.25, -0.2) is 4.98 Å². The van der Waals surface area contributed by atoms with Crippen molar-refractivity contribution in [1.29, 1.82) is 0 Å². The summed E-state index contributed by atoms with van der Waals surface area (Å²) in [4.78, 5) is 32.2. The van der Waals surface area contributed by atoms with Gasteiger partial charge in [0.05, 0.1) is 6.54 Å². The zero-order valence-corrected chi connectivity index (χ0v) is 15.8. The highest BCUT2D eigenvalue weighted by molar-refractivity contribution is 5.93. The van der Waals surface area contributed by atoms with Gasteiger partial charge in [0.2, 0.25) is 17.8 Å². The molecule has 0 spiro atoms. The number of benzene rings is 1. The monoisotopic (exact) mass is 370 g/mol. The van der Waals surface area contributed by atoms with Crippen LogP contribution >= 0.6 is 0 Å². The number of aromatic nitrogens is 2. The van der Waals surface area contributed by atoms with Gasteiger partial charge in [0.15, 0.2) is 0 Å². The average molecular weight is 370 g/mol. The third-order valence-corrected chi connectivity index (χ3v) is 4.55. The molecule has 1 aliphatic heterocycles. The molecule has 2 aromatic rings. The highest BCUT2D eigenvalue weighted by Crippen LogP contribution is 2.15. The molecule has 2 N–H and O–H groups in total. The number of hydrogen-bond acceptors (Lipinski definition) is 5. The first-order chi connectivity index (χ1) is 13.0. The van der Waals surface area contributed by atoms with E-state index in [2.05, 4.69) is 36.9 Å². The number of piperazine rings is 1. The Labute approximate surface area is 159 Å². The Bertz CT molecular complexity index is 778. The summed E-state index contributed by atoms with van der Waals surface area (Å²) in [7, 11) is 0. The van der Waals surface area contributed by atoms with E-state index >= 15 is 0 Å². The van der Waals surface area contributed by atoms with Crippen molar-refractivity contribution < 1.29 is 9.59 Å². The second-order valence-electron chi connectivity index (χ2n) is 6.58. The van der Waals surface area contributed by atoms with Crippen LogP contribution in [0.1, 0.15) is 13.8 Å². The van der Waals surface area contributed by atoms with Crippen molar-refractivity contribution >= 4 is 29.1 Å². The van der Waals surface area contributed by atoms with Gasteiger partial charge < -0.3 is 20.1 Å². The molecule has 8 heteroatoms. The summed E-state index contributed by atoms with van der Waals surface area (Å²) in [6.07, 6.45) is 3.82. The Hall–Kier alpha value is -2.87. The predicted molar refractivity (Wildman–Crippen MR) is 106 cm³/mol. The molecule has 1 aromatic carbocycles. The molecule has 2 amide bonds. The van der Waals surface area contributed by atoms with Crippen LogP contribution in [0.2, 0.25) is 0 Å². The normalized spacial score (nSPS) is 14.8. The molecule has 1 saturated heterocycles. The standard InChI is InChI=1S/C19H26N6O2/c1-3-24-9-8-20-19(24)25-12-10-23(11-13-25)14-18(27)22-17-6-4-16(5-7-17)21-15(2)26/h4-9H,3,10-14H2,1-2H3,(H,21,26)(H,22,27). The maximum Gasteiger partial charge on any atom is 0.238 e. The lowest BCUT2D eigenvalue weighted by Crippen LogP contribution is -2.49. The number of hydrogen-bond donors (Lipinski definition) is 2. The van der Waals surface area contributed by atoms with Crippen LogP contribution in [-0.2, 0) is 16.1 Å². The summed E-state index contributed by atoms with van der Waals surface area (Å²) in [5.41, 5.74) is 1.43. The first-order valence-corrected chi connectivity index (χ1v) is 9.21. The molecule has 0 radical (unpaired) electrons. The minimum Gasteiger partial charge on any atom is -0.340 e. The molecule has 1 aromatic heterocycles. The molecule has 1 fully saturated rings. The van der Waals surface area contributed by atoms with Gasteiger partial charge in [-0.3, -0.25) is 14.5 Å². The number of imidazole rings is 1. The zero-order chi connectivity index (χ0) is 19.2. The van der Waals surface area contributed by atoms with E-state index in [9.17, 15) is 9.59 Å². The number of nitrogens with zero attached hydrogens (tertiary/aromatic N) is 4. The summed E-state index contributed by atoms with van der Waals surface area (Å²) in [6.45, 7) is 8.20. The highest BCUT2D eigenvalue weighted by Gasteiger charge is 2.21. The summed E-state index contributed by atoms with van der Waals surface area (Å²) in [5.74, 6) is 0.846. The summed E-state index contributed by atoms with van der Waals surface area (Å²) in [6, 6.07) is 7.11. The van der Waals surface area contributed by atoms with E-state index in [0.29, 0.717) is 12.2 Å². The molecule has 27 heavy (non-hydrogen) atoms. The second-order valence-corrected chi connectivity index (χ2v) is 6.58. The Morgan fingerprint density at radius 3 is 2.26 bits per heavy atom. The molecular formula is C19H26N6O2. The molecule has 0 bridgehead atoms. The number of carbonyl (C=O) groups excluding carboxylic acids is 2. The third kappa shape index (κ3) is 5.07. The highest BCUT2D eigenvalue weighted by atomic mass is 16.2. The summed E-state index contributed by atoms with van der Waals surface area (Å²) in [5, 5.41) is 5.61. The number of aryl methyl sites for hydroxylation is 1. The Morgan fingerprint density at radius 2 is 1.67 bits per heavy atom. The molecule has 0 atom stereocenters. The Morgan fingerprint density at radius 1 is 1.04 bits per heavy atom. The van der Waals surface area contributed by atoms with Gasteiger partial charge >= 0.3 is 0 Å². The zero-order valence-electron chi connectivity index (χ0n) is 15.8. The fourth-order valence-electron chi connectivity index (χ4n) is 3.18. The van der Waals surface area contributed by atoms with Gasteiger partial charge in [0.1, 0.15) is 0 Å². The minimum atomic E-state index is -0.118. The Kier molecular flexibility index (Phi) is 6.08. The summed E-state index contributed by atoms with van der Waals surface area (Å²) < 4.78 is 2.13. The number of nitrogens with one attached hydrogen (secondary N) is 2. The average Bonchev–Trinajstić information content (AvgIpc) is 3.12. The minimum absolute atomic E-state index is 0.0363. The van der Waals surface area contributed by atoms with Crippen molar-refractivity contribution in [2.24, 2.45) is 0 Å². The van der Waals surface area contributed by atoms with Crippen molar-refractivity contribution in [3.63, 3.8) is 0 Å². The summed E-state index contributed by atoms with van der Waals surface area (Å²) >= 11 is 0. The van der Waals surface area contributed by atoms with Crippen LogP contribution < -0.4 is 15.5 Å². The maximum atomic E-state index is 12.3. The van der Waals surface area contributed by atoms with E-state index in [1.807, 2.05) is 12.4 Å². The van der Waals surface area contributed by atoms with Crippen LogP contribution in [-0.4, -0.2) is 59.0 Å². The maximum absolute atomic E-state index is 12.3. The second kappa shape index (κ2) is 8.68. The molecule has 0 aliphatic carbocycles. The lowest BCUT2D eigenvalue weighted by atomic mass is 10.2. The fourth-order valence-corrected chi connectivity index (χ4v) is 3.18. The van der Waals surface area contributed by atoms with Crippen molar-refractivity contribution in [1.82, 2.24) is 14.5 Å². The van der Waals surface area contributed by atoms with Crippen LogP contribution in [0, 0.1) is 0 Å². The van der Waals surface area contributed by atoms with Crippen molar-refractivity contribution in [2.75, 3.05) is 48.3 Å². The van der Waals surface area contributed by atoms with Gasteiger partial charge in [-0.05, 0) is 31.2 Å². The number of rotatable bonds is 6. The van der Waals surface area contributed by atoms with Crippen molar-refractivity contribution in [3.05, 3.63) is 36.7 Å². The van der Waals surface area contributed by atoms with Crippen LogP contribution in [0.5, 0.6) is 0 Å². The Balaban J connectivity index is 1.46. The number of amides is 2. The largest absolute Gasteiger partial charge is 0.340 e. The van der Waals surface area contributed by atoms with Crippen molar-refractivity contribution in [2.45, 2.75) is 20.4 Å². The van der Waals surface area contributed by atoms with Gasteiger partial charge in [0.25, 0.3) is 0 Å². The van der Waals surface area contributed by atoms with Gasteiger partial charge in [-0.2, -0.15) is 0 Å². The van der Waals surface area contributed by atoms with Crippen molar-refractivity contribution in [3.8, 4) is 0 Å². The van der Waals surface area contributed by atoms with Gasteiger partial charge in [-0.15, -0.1) is 0 Å². The van der Waals surface area contributed by atoms with Gasteiger partial charge in [0, 0.05) is 63.4 Å². The molecule has 0 saturated carbocycles. The first-order valence-electron chi connectivity index (χ1n) is 9.21. The lowest BCUT2D eigenvalue weighted by molar-refractivity contribution is -0.117. The smallest absolute Gasteiger partial charge is 0.238 e. The molecule has 8 nitrogen and oxygen atoms in total. The fraction of sp³-hybridized carbons (Fsp3) is 0.421. The van der Waals surface area contributed by atoms with Gasteiger partial charge in [-0.1, -0.05) is 0 Å². The van der Waals surface area contributed by atoms with E-state index in [1.54, 1.807) is 24.3 Å². The van der Waals surface area contributed by atoms with Crippen LogP contribution in [0.3, 0.4) is 0 Å².